The molecule has 0 spiro atoms. The lowest BCUT2D eigenvalue weighted by molar-refractivity contribution is 0.0261. The van der Waals surface area contributed by atoms with Gasteiger partial charge in [0.1, 0.15) is 11.5 Å². The zero-order valence-corrected chi connectivity index (χ0v) is 24.6. The molecule has 41 heavy (non-hydrogen) atoms. The molecule has 4 heterocycles. The molecule has 3 aromatic heterocycles. The number of nitrogens with zero attached hydrogens (tertiary/aromatic N) is 3. The standard InChI is InChI=1S/C30H35N7O2S2/c1-2-13-30(39,20-6-4-3-5-7-20)17-23-24(12-16-33-27(23)28(31)38)40-26-19-35-29(41-26)37-25-9-8-22(18-34-25)36-21-10-14-32-15-11-21/h3-9,12,16,18-19,21,32,36,39H,2,10-11,13-15,17H2,1H3,(H2,31,38)(H,34,35,37)/t30-/m1/s1. The Balaban J connectivity index is 1.32. The highest BCUT2D eigenvalue weighted by Gasteiger charge is 2.32. The summed E-state index contributed by atoms with van der Waals surface area (Å²) in [7, 11) is 0. The summed E-state index contributed by atoms with van der Waals surface area (Å²) < 4.78 is 0.915. The molecule has 1 fully saturated rings. The van der Waals surface area contributed by atoms with Crippen molar-refractivity contribution in [2.75, 3.05) is 23.7 Å². The summed E-state index contributed by atoms with van der Waals surface area (Å²) in [6, 6.07) is 15.8. The third kappa shape index (κ3) is 7.42. The number of carbonyl (C=O) groups is 1. The zero-order chi connectivity index (χ0) is 28.7. The Bertz CT molecular complexity index is 1440. The van der Waals surface area contributed by atoms with Crippen LogP contribution in [0.2, 0.25) is 0 Å². The normalized spacial score (nSPS) is 15.3. The molecule has 0 unspecified atom stereocenters. The zero-order valence-electron chi connectivity index (χ0n) is 23.0. The number of thiazole rings is 1. The molecule has 1 amide bonds. The Labute approximate surface area is 248 Å². The molecular weight excluding hydrogens is 555 g/mol. The molecule has 1 aliphatic rings. The lowest BCUT2D eigenvalue weighted by Crippen LogP contribution is -2.35. The van der Waals surface area contributed by atoms with Crippen molar-refractivity contribution in [3.63, 3.8) is 0 Å². The van der Waals surface area contributed by atoms with E-state index in [2.05, 4.69) is 30.9 Å². The molecule has 1 aliphatic heterocycles. The van der Waals surface area contributed by atoms with Gasteiger partial charge in [0.2, 0.25) is 0 Å². The molecule has 0 saturated carbocycles. The summed E-state index contributed by atoms with van der Waals surface area (Å²) in [6.45, 7) is 4.10. The van der Waals surface area contributed by atoms with Gasteiger partial charge in [-0.3, -0.25) is 9.78 Å². The van der Waals surface area contributed by atoms with Crippen molar-refractivity contribution in [2.24, 2.45) is 5.73 Å². The number of nitrogens with two attached hydrogens (primary N) is 1. The molecule has 0 radical (unpaired) electrons. The molecule has 1 saturated heterocycles. The van der Waals surface area contributed by atoms with Crippen LogP contribution in [0, 0.1) is 0 Å². The van der Waals surface area contributed by atoms with Crippen LogP contribution in [0.25, 0.3) is 0 Å². The highest BCUT2D eigenvalue weighted by atomic mass is 32.2. The molecule has 214 valence electrons. The van der Waals surface area contributed by atoms with Gasteiger partial charge in [0.05, 0.1) is 27.9 Å². The largest absolute Gasteiger partial charge is 0.385 e. The number of aliphatic hydroxyl groups is 1. The van der Waals surface area contributed by atoms with Crippen LogP contribution in [0.4, 0.5) is 16.6 Å². The monoisotopic (exact) mass is 589 g/mol. The van der Waals surface area contributed by atoms with Gasteiger partial charge in [-0.1, -0.05) is 66.8 Å². The van der Waals surface area contributed by atoms with E-state index < -0.39 is 11.5 Å². The predicted molar refractivity (Wildman–Crippen MR) is 165 cm³/mol. The molecule has 1 aromatic carbocycles. The molecule has 0 bridgehead atoms. The topological polar surface area (TPSA) is 138 Å². The van der Waals surface area contributed by atoms with Gasteiger partial charge in [-0.25, -0.2) is 9.97 Å². The summed E-state index contributed by atoms with van der Waals surface area (Å²) >= 11 is 2.96. The first-order valence-corrected chi connectivity index (χ1v) is 15.5. The fourth-order valence-electron chi connectivity index (χ4n) is 5.08. The highest BCUT2D eigenvalue weighted by molar-refractivity contribution is 8.01. The van der Waals surface area contributed by atoms with Crippen LogP contribution in [0.5, 0.6) is 0 Å². The SMILES string of the molecule is CCC[C@@](O)(Cc1c(Sc2cnc(Nc3ccc(NC4CCNCC4)cn3)s2)ccnc1C(N)=O)c1ccccc1. The molecule has 11 heteroatoms. The van der Waals surface area contributed by atoms with E-state index in [1.165, 1.54) is 23.1 Å². The third-order valence-electron chi connectivity index (χ3n) is 7.09. The Morgan fingerprint density at radius 3 is 2.63 bits per heavy atom. The number of aromatic nitrogens is 3. The first-order chi connectivity index (χ1) is 19.9. The van der Waals surface area contributed by atoms with Crippen LogP contribution in [-0.2, 0) is 12.0 Å². The number of hydrogen-bond donors (Lipinski definition) is 5. The number of rotatable bonds is 12. The second kappa shape index (κ2) is 13.4. The van der Waals surface area contributed by atoms with Crippen LogP contribution in [-0.4, -0.2) is 45.1 Å². The highest BCUT2D eigenvalue weighted by Crippen LogP contribution is 2.40. The molecule has 1 atom stereocenters. The van der Waals surface area contributed by atoms with Gasteiger partial charge in [0.25, 0.3) is 5.91 Å². The second-order valence-corrected chi connectivity index (χ2v) is 12.5. The van der Waals surface area contributed by atoms with Crippen LogP contribution in [0.15, 0.2) is 76.2 Å². The van der Waals surface area contributed by atoms with Gasteiger partial charge in [-0.05, 0) is 56.1 Å². The van der Waals surface area contributed by atoms with E-state index in [0.29, 0.717) is 29.0 Å². The number of primary amides is 1. The summed E-state index contributed by atoms with van der Waals surface area (Å²) in [5.74, 6) is 0.0880. The van der Waals surface area contributed by atoms with E-state index in [-0.39, 0.29) is 12.1 Å². The fourth-order valence-corrected chi connectivity index (χ4v) is 7.05. The summed E-state index contributed by atoms with van der Waals surface area (Å²) in [4.78, 5) is 26.6. The summed E-state index contributed by atoms with van der Waals surface area (Å²) in [5, 5.41) is 22.7. The molecular formula is C30H35N7O2S2. The number of nitrogens with one attached hydrogen (secondary N) is 3. The quantitative estimate of drug-likeness (QED) is 0.149. The number of hydrogen-bond acceptors (Lipinski definition) is 10. The molecule has 0 aliphatic carbocycles. The van der Waals surface area contributed by atoms with Crippen molar-refractivity contribution >= 4 is 45.6 Å². The average Bonchev–Trinajstić information content (AvgIpc) is 3.42. The van der Waals surface area contributed by atoms with E-state index in [1.54, 1.807) is 12.4 Å². The second-order valence-electron chi connectivity index (χ2n) is 10.1. The Kier molecular flexibility index (Phi) is 9.50. The minimum absolute atomic E-state index is 0.172. The number of anilines is 3. The maximum Gasteiger partial charge on any atom is 0.267 e. The Morgan fingerprint density at radius 1 is 1.12 bits per heavy atom. The number of benzene rings is 1. The smallest absolute Gasteiger partial charge is 0.267 e. The van der Waals surface area contributed by atoms with Gasteiger partial charge in [-0.2, -0.15) is 0 Å². The van der Waals surface area contributed by atoms with Crippen LogP contribution < -0.4 is 21.7 Å². The van der Waals surface area contributed by atoms with Gasteiger partial charge >= 0.3 is 0 Å². The lowest BCUT2D eigenvalue weighted by atomic mass is 9.83. The molecule has 6 N–H and O–H groups in total. The first-order valence-electron chi connectivity index (χ1n) is 13.8. The number of amides is 1. The fraction of sp³-hybridized carbons (Fsp3) is 0.333. The summed E-state index contributed by atoms with van der Waals surface area (Å²) in [5.41, 5.74) is 7.17. The maximum absolute atomic E-state index is 12.4. The molecule has 4 aromatic rings. The Morgan fingerprint density at radius 2 is 1.93 bits per heavy atom. The van der Waals surface area contributed by atoms with E-state index in [4.69, 9.17) is 5.73 Å². The van der Waals surface area contributed by atoms with Crippen LogP contribution in [0.3, 0.4) is 0 Å². The minimum atomic E-state index is -1.17. The van der Waals surface area contributed by atoms with Crippen molar-refractivity contribution in [2.45, 2.75) is 59.8 Å². The van der Waals surface area contributed by atoms with Crippen LogP contribution >= 0.6 is 23.1 Å². The van der Waals surface area contributed by atoms with Crippen LogP contribution in [0.1, 0.15) is 54.2 Å². The number of pyridine rings is 2. The van der Waals surface area contributed by atoms with Crippen molar-refractivity contribution in [1.29, 1.82) is 0 Å². The van der Waals surface area contributed by atoms with Gasteiger partial charge < -0.3 is 26.8 Å². The minimum Gasteiger partial charge on any atom is -0.385 e. The van der Waals surface area contributed by atoms with Crippen molar-refractivity contribution in [3.8, 4) is 0 Å². The molecule has 9 nitrogen and oxygen atoms in total. The number of carbonyl (C=O) groups excluding carboxylic acids is 1. The van der Waals surface area contributed by atoms with E-state index in [9.17, 15) is 9.90 Å². The van der Waals surface area contributed by atoms with Gasteiger partial charge in [0.15, 0.2) is 5.13 Å². The van der Waals surface area contributed by atoms with Crippen molar-refractivity contribution < 1.29 is 9.90 Å². The number of piperidine rings is 1. The molecule has 5 rings (SSSR count). The third-order valence-corrected chi connectivity index (χ3v) is 9.21. The predicted octanol–water partition coefficient (Wildman–Crippen LogP) is 5.32. The van der Waals surface area contributed by atoms with E-state index in [1.807, 2.05) is 61.7 Å². The van der Waals surface area contributed by atoms with E-state index in [0.717, 1.165) is 52.7 Å². The summed E-state index contributed by atoms with van der Waals surface area (Å²) in [6.07, 6.45) is 8.92. The maximum atomic E-state index is 12.4. The average molecular weight is 590 g/mol. The van der Waals surface area contributed by atoms with Crippen molar-refractivity contribution in [1.82, 2.24) is 20.3 Å². The Hall–Kier alpha value is -3.51. The van der Waals surface area contributed by atoms with Gasteiger partial charge in [0, 0.05) is 29.1 Å². The van der Waals surface area contributed by atoms with E-state index >= 15 is 0 Å². The first kappa shape index (κ1) is 29.0. The van der Waals surface area contributed by atoms with Gasteiger partial charge in [-0.15, -0.1) is 0 Å². The van der Waals surface area contributed by atoms with Crippen molar-refractivity contribution in [3.05, 3.63) is 83.9 Å². The lowest BCUT2D eigenvalue weighted by Gasteiger charge is -2.30.